The van der Waals surface area contributed by atoms with E-state index in [2.05, 4.69) is 10.3 Å². The Labute approximate surface area is 136 Å². The van der Waals surface area contributed by atoms with E-state index in [9.17, 15) is 13.2 Å². The molecule has 2 heterocycles. The molecule has 1 amide bonds. The molecule has 1 aromatic carbocycles. The van der Waals surface area contributed by atoms with Crippen molar-refractivity contribution in [2.24, 2.45) is 5.92 Å². The lowest BCUT2D eigenvalue weighted by atomic mass is 10.0. The molecule has 1 aromatic heterocycles. The number of hydrogen-bond acceptors (Lipinski definition) is 4. The van der Waals surface area contributed by atoms with Gasteiger partial charge in [-0.2, -0.15) is 0 Å². The van der Waals surface area contributed by atoms with Gasteiger partial charge in [-0.3, -0.25) is 9.78 Å². The molecule has 1 saturated heterocycles. The molecule has 5 nitrogen and oxygen atoms in total. The van der Waals surface area contributed by atoms with Gasteiger partial charge in [0.15, 0.2) is 9.84 Å². The second-order valence-electron chi connectivity index (χ2n) is 6.31. The average Bonchev–Trinajstić information content (AvgIpc) is 2.84. The molecule has 1 atom stereocenters. The Hall–Kier alpha value is -1.95. The van der Waals surface area contributed by atoms with Crippen LogP contribution in [0.3, 0.4) is 0 Å². The SMILES string of the molecule is Cc1ccc2nc(C)cc(C(=O)NC[C@@H]3CCS(=O)(=O)C3)c2c1. The van der Waals surface area contributed by atoms with Gasteiger partial charge in [0.25, 0.3) is 5.91 Å². The molecule has 1 aliphatic rings. The number of nitrogens with one attached hydrogen (secondary N) is 1. The van der Waals surface area contributed by atoms with Crippen LogP contribution in [0.15, 0.2) is 24.3 Å². The van der Waals surface area contributed by atoms with Crippen molar-refractivity contribution < 1.29 is 13.2 Å². The second-order valence-corrected chi connectivity index (χ2v) is 8.54. The highest BCUT2D eigenvalue weighted by atomic mass is 32.2. The summed E-state index contributed by atoms with van der Waals surface area (Å²) in [6.45, 7) is 4.23. The van der Waals surface area contributed by atoms with E-state index >= 15 is 0 Å². The number of amides is 1. The highest BCUT2D eigenvalue weighted by Crippen LogP contribution is 2.21. The number of aryl methyl sites for hydroxylation is 2. The van der Waals surface area contributed by atoms with Crippen LogP contribution in [0.5, 0.6) is 0 Å². The Kier molecular flexibility index (Phi) is 4.10. The quantitative estimate of drug-likeness (QED) is 0.933. The summed E-state index contributed by atoms with van der Waals surface area (Å²) < 4.78 is 23.0. The van der Waals surface area contributed by atoms with Crippen LogP contribution in [0.4, 0.5) is 0 Å². The van der Waals surface area contributed by atoms with Gasteiger partial charge in [-0.1, -0.05) is 11.6 Å². The summed E-state index contributed by atoms with van der Waals surface area (Å²) in [5.74, 6) is 0.238. The van der Waals surface area contributed by atoms with Crippen molar-refractivity contribution in [1.82, 2.24) is 10.3 Å². The summed E-state index contributed by atoms with van der Waals surface area (Å²) in [6.07, 6.45) is 0.623. The van der Waals surface area contributed by atoms with Crippen LogP contribution < -0.4 is 5.32 Å². The first-order valence-electron chi connectivity index (χ1n) is 7.71. The molecule has 0 unspecified atom stereocenters. The molecule has 6 heteroatoms. The third-order valence-corrected chi connectivity index (χ3v) is 6.05. The first-order chi connectivity index (χ1) is 10.8. The predicted molar refractivity (Wildman–Crippen MR) is 90.3 cm³/mol. The lowest BCUT2D eigenvalue weighted by Crippen LogP contribution is -2.30. The molecule has 0 bridgehead atoms. The van der Waals surface area contributed by atoms with Crippen LogP contribution in [0.2, 0.25) is 0 Å². The van der Waals surface area contributed by atoms with E-state index in [1.165, 1.54) is 0 Å². The zero-order valence-corrected chi connectivity index (χ0v) is 14.1. The first kappa shape index (κ1) is 15.9. The molecule has 0 aliphatic carbocycles. The second kappa shape index (κ2) is 5.92. The average molecular weight is 332 g/mol. The lowest BCUT2D eigenvalue weighted by Gasteiger charge is -2.12. The van der Waals surface area contributed by atoms with E-state index in [0.717, 1.165) is 22.2 Å². The number of sulfone groups is 1. The van der Waals surface area contributed by atoms with Gasteiger partial charge in [0.2, 0.25) is 0 Å². The first-order valence-corrected chi connectivity index (χ1v) is 9.53. The monoisotopic (exact) mass is 332 g/mol. The van der Waals surface area contributed by atoms with Crippen molar-refractivity contribution in [2.75, 3.05) is 18.1 Å². The summed E-state index contributed by atoms with van der Waals surface area (Å²) in [5, 5.41) is 3.71. The van der Waals surface area contributed by atoms with E-state index in [1.54, 1.807) is 6.07 Å². The highest BCUT2D eigenvalue weighted by molar-refractivity contribution is 7.91. The number of pyridine rings is 1. The minimum absolute atomic E-state index is 0.0138. The fraction of sp³-hybridized carbons (Fsp3) is 0.412. The minimum Gasteiger partial charge on any atom is -0.352 e. The van der Waals surface area contributed by atoms with E-state index in [4.69, 9.17) is 0 Å². The van der Waals surface area contributed by atoms with Crippen LogP contribution in [0.1, 0.15) is 28.0 Å². The van der Waals surface area contributed by atoms with E-state index in [-0.39, 0.29) is 23.3 Å². The van der Waals surface area contributed by atoms with Gasteiger partial charge in [0.1, 0.15) is 0 Å². The number of fused-ring (bicyclic) bond motifs is 1. The van der Waals surface area contributed by atoms with Crippen LogP contribution in [0, 0.1) is 19.8 Å². The van der Waals surface area contributed by atoms with Crippen LogP contribution in [0.25, 0.3) is 10.9 Å². The number of hydrogen-bond donors (Lipinski definition) is 1. The molecule has 0 spiro atoms. The van der Waals surface area contributed by atoms with Crippen LogP contribution in [-0.4, -0.2) is 37.4 Å². The van der Waals surface area contributed by atoms with Crippen molar-refractivity contribution in [1.29, 1.82) is 0 Å². The van der Waals surface area contributed by atoms with Crippen LogP contribution in [-0.2, 0) is 9.84 Å². The Bertz CT molecular complexity index is 875. The third-order valence-electron chi connectivity index (χ3n) is 4.21. The lowest BCUT2D eigenvalue weighted by molar-refractivity contribution is 0.0950. The topological polar surface area (TPSA) is 76.1 Å². The summed E-state index contributed by atoms with van der Waals surface area (Å²) in [4.78, 5) is 17.0. The number of nitrogens with zero attached hydrogens (tertiary/aromatic N) is 1. The standard InChI is InChI=1S/C17H20N2O3S/c1-11-3-4-16-14(7-11)15(8-12(2)19-16)17(20)18-9-13-5-6-23(21,22)10-13/h3-4,7-8,13H,5-6,9-10H2,1-2H3,(H,18,20)/t13-/m0/s1. The van der Waals surface area contributed by atoms with Crippen LogP contribution >= 0.6 is 0 Å². The Balaban J connectivity index is 1.82. The third kappa shape index (κ3) is 3.52. The van der Waals surface area contributed by atoms with Crippen molar-refractivity contribution in [3.8, 4) is 0 Å². The molecule has 23 heavy (non-hydrogen) atoms. The molecule has 1 aliphatic heterocycles. The number of benzene rings is 1. The normalized spacial score (nSPS) is 19.8. The summed E-state index contributed by atoms with van der Waals surface area (Å²) >= 11 is 0. The number of aromatic nitrogens is 1. The highest BCUT2D eigenvalue weighted by Gasteiger charge is 2.28. The van der Waals surface area contributed by atoms with Gasteiger partial charge >= 0.3 is 0 Å². The van der Waals surface area contributed by atoms with Crippen molar-refractivity contribution in [3.63, 3.8) is 0 Å². The van der Waals surface area contributed by atoms with Crippen molar-refractivity contribution in [2.45, 2.75) is 20.3 Å². The summed E-state index contributed by atoms with van der Waals surface area (Å²) in [5.41, 5.74) is 3.25. The fourth-order valence-corrected chi connectivity index (χ4v) is 4.89. The van der Waals surface area contributed by atoms with E-state index < -0.39 is 9.84 Å². The number of carbonyl (C=O) groups is 1. The number of carbonyl (C=O) groups excluding carboxylic acids is 1. The zero-order chi connectivity index (χ0) is 16.6. The zero-order valence-electron chi connectivity index (χ0n) is 13.3. The van der Waals surface area contributed by atoms with E-state index in [1.807, 2.05) is 32.0 Å². The summed E-state index contributed by atoms with van der Waals surface area (Å²) in [7, 11) is -2.92. The molecule has 2 aromatic rings. The summed E-state index contributed by atoms with van der Waals surface area (Å²) in [6, 6.07) is 7.62. The Morgan fingerprint density at radius 3 is 2.78 bits per heavy atom. The van der Waals surface area contributed by atoms with Gasteiger partial charge in [-0.05, 0) is 44.4 Å². The molecule has 0 radical (unpaired) electrons. The molecular weight excluding hydrogens is 312 g/mol. The van der Waals surface area contributed by atoms with Gasteiger partial charge in [-0.15, -0.1) is 0 Å². The molecular formula is C17H20N2O3S. The maximum Gasteiger partial charge on any atom is 0.252 e. The maximum atomic E-state index is 12.6. The van der Waals surface area contributed by atoms with Crippen molar-refractivity contribution >= 4 is 26.6 Å². The van der Waals surface area contributed by atoms with E-state index in [0.29, 0.717) is 18.5 Å². The molecule has 0 saturated carbocycles. The Morgan fingerprint density at radius 2 is 2.09 bits per heavy atom. The van der Waals surface area contributed by atoms with Gasteiger partial charge < -0.3 is 5.32 Å². The largest absolute Gasteiger partial charge is 0.352 e. The molecule has 122 valence electrons. The predicted octanol–water partition coefficient (Wildman–Crippen LogP) is 2.02. The number of rotatable bonds is 3. The molecule has 1 fully saturated rings. The molecule has 3 rings (SSSR count). The van der Waals surface area contributed by atoms with Crippen molar-refractivity contribution in [3.05, 3.63) is 41.1 Å². The van der Waals surface area contributed by atoms with Gasteiger partial charge in [0.05, 0.1) is 22.6 Å². The maximum absolute atomic E-state index is 12.6. The molecule has 1 N–H and O–H groups in total. The van der Waals surface area contributed by atoms with Gasteiger partial charge in [-0.25, -0.2) is 8.42 Å². The fourth-order valence-electron chi connectivity index (χ4n) is 3.03. The minimum atomic E-state index is -2.92. The smallest absolute Gasteiger partial charge is 0.252 e. The van der Waals surface area contributed by atoms with Gasteiger partial charge in [0, 0.05) is 17.6 Å². The Morgan fingerprint density at radius 1 is 1.30 bits per heavy atom.